The lowest BCUT2D eigenvalue weighted by Crippen LogP contribution is -2.24. The molecule has 33 heavy (non-hydrogen) atoms. The zero-order valence-electron chi connectivity index (χ0n) is 18.1. The number of hydrogen-bond donors (Lipinski definition) is 2. The highest BCUT2D eigenvalue weighted by Crippen LogP contribution is 2.26. The van der Waals surface area contributed by atoms with Gasteiger partial charge in [-0.05, 0) is 54.8 Å². The number of alkyl carbamates (subject to hydrolysis) is 1. The summed E-state index contributed by atoms with van der Waals surface area (Å²) in [7, 11) is 0. The fourth-order valence-corrected chi connectivity index (χ4v) is 3.69. The number of anilines is 2. The number of hydrogen-bond acceptors (Lipinski definition) is 5. The Labute approximate surface area is 191 Å². The van der Waals surface area contributed by atoms with Crippen molar-refractivity contribution in [3.8, 4) is 0 Å². The van der Waals surface area contributed by atoms with Gasteiger partial charge in [0, 0.05) is 49.0 Å². The standard InChI is InChI=1S/C25H25FN4O3/c26-20-7-10-23(30-12-1-2-13-30)22(14-20)24(31)29-21-8-5-18(6-9-21)16-28-25(32)33-17-19-4-3-11-27-15-19/h3-11,14-15H,1-2,12-13,16-17H2,(H,28,32)(H,29,31). The third kappa shape index (κ3) is 6.06. The van der Waals surface area contributed by atoms with E-state index < -0.39 is 11.9 Å². The number of rotatable bonds is 7. The SMILES string of the molecule is O=C(NCc1ccc(NC(=O)c2cc(F)ccc2N2CCCC2)cc1)OCc1cccnc1. The zero-order valence-corrected chi connectivity index (χ0v) is 18.1. The second-order valence-corrected chi connectivity index (χ2v) is 7.80. The Morgan fingerprint density at radius 3 is 2.55 bits per heavy atom. The van der Waals surface area contributed by atoms with Crippen LogP contribution in [0.4, 0.5) is 20.6 Å². The fraction of sp³-hybridized carbons (Fsp3) is 0.240. The quantitative estimate of drug-likeness (QED) is 0.556. The molecule has 2 amide bonds. The van der Waals surface area contributed by atoms with Crippen molar-refractivity contribution in [2.45, 2.75) is 26.0 Å². The first-order valence-corrected chi connectivity index (χ1v) is 10.8. The Kier molecular flexibility index (Phi) is 7.14. The van der Waals surface area contributed by atoms with Crippen molar-refractivity contribution >= 4 is 23.4 Å². The molecule has 1 aliphatic rings. The first-order chi connectivity index (χ1) is 16.1. The Morgan fingerprint density at radius 1 is 1.03 bits per heavy atom. The fourth-order valence-electron chi connectivity index (χ4n) is 3.69. The van der Waals surface area contributed by atoms with E-state index in [2.05, 4.69) is 20.5 Å². The molecule has 0 unspecified atom stereocenters. The molecular formula is C25H25FN4O3. The van der Waals surface area contributed by atoms with Gasteiger partial charge < -0.3 is 20.3 Å². The lowest BCUT2D eigenvalue weighted by molar-refractivity contribution is 0.102. The van der Waals surface area contributed by atoms with E-state index in [9.17, 15) is 14.0 Å². The maximum atomic E-state index is 13.8. The summed E-state index contributed by atoms with van der Waals surface area (Å²) < 4.78 is 19.0. The van der Waals surface area contributed by atoms with Crippen LogP contribution in [-0.2, 0) is 17.9 Å². The molecule has 4 rings (SSSR count). The Bertz CT molecular complexity index is 1100. The molecule has 2 heterocycles. The average Bonchev–Trinajstić information content (AvgIpc) is 3.38. The number of halogens is 1. The van der Waals surface area contributed by atoms with Crippen LogP contribution < -0.4 is 15.5 Å². The number of benzene rings is 2. The van der Waals surface area contributed by atoms with E-state index in [-0.39, 0.29) is 19.1 Å². The number of aromatic nitrogens is 1. The van der Waals surface area contributed by atoms with E-state index in [0.29, 0.717) is 11.3 Å². The molecule has 0 radical (unpaired) electrons. The van der Waals surface area contributed by atoms with Crippen molar-refractivity contribution in [3.05, 3.63) is 89.5 Å². The Morgan fingerprint density at radius 2 is 1.82 bits per heavy atom. The highest BCUT2D eigenvalue weighted by molar-refractivity contribution is 6.08. The van der Waals surface area contributed by atoms with Crippen LogP contribution in [-0.4, -0.2) is 30.1 Å². The molecular weight excluding hydrogens is 423 g/mol. The summed E-state index contributed by atoms with van der Waals surface area (Å²) in [6, 6.07) is 15.0. The maximum Gasteiger partial charge on any atom is 0.407 e. The second kappa shape index (κ2) is 10.6. The van der Waals surface area contributed by atoms with Gasteiger partial charge in [-0.1, -0.05) is 18.2 Å². The Balaban J connectivity index is 1.31. The van der Waals surface area contributed by atoms with Gasteiger partial charge in [0.15, 0.2) is 0 Å². The molecule has 0 saturated carbocycles. The van der Waals surface area contributed by atoms with E-state index in [4.69, 9.17) is 4.74 Å². The van der Waals surface area contributed by atoms with E-state index in [0.717, 1.165) is 42.7 Å². The average molecular weight is 448 g/mol. The smallest absolute Gasteiger partial charge is 0.407 e. The minimum Gasteiger partial charge on any atom is -0.445 e. The van der Waals surface area contributed by atoms with E-state index in [1.807, 2.05) is 6.07 Å². The number of nitrogens with one attached hydrogen (secondary N) is 2. The van der Waals surface area contributed by atoms with Crippen LogP contribution in [0.2, 0.25) is 0 Å². The largest absolute Gasteiger partial charge is 0.445 e. The van der Waals surface area contributed by atoms with Crippen molar-refractivity contribution in [2.75, 3.05) is 23.3 Å². The lowest BCUT2D eigenvalue weighted by Gasteiger charge is -2.21. The summed E-state index contributed by atoms with van der Waals surface area (Å²) >= 11 is 0. The highest BCUT2D eigenvalue weighted by Gasteiger charge is 2.20. The molecule has 2 aromatic carbocycles. The first-order valence-electron chi connectivity index (χ1n) is 10.8. The van der Waals surface area contributed by atoms with Gasteiger partial charge in [0.2, 0.25) is 0 Å². The van der Waals surface area contributed by atoms with Crippen molar-refractivity contribution in [3.63, 3.8) is 0 Å². The summed E-state index contributed by atoms with van der Waals surface area (Å²) in [5.74, 6) is -0.804. The van der Waals surface area contributed by atoms with Crippen LogP contribution in [0, 0.1) is 5.82 Å². The molecule has 1 aliphatic heterocycles. The predicted molar refractivity (Wildman–Crippen MR) is 124 cm³/mol. The summed E-state index contributed by atoms with van der Waals surface area (Å²) in [5.41, 5.74) is 3.30. The molecule has 7 nitrogen and oxygen atoms in total. The topological polar surface area (TPSA) is 83.6 Å². The maximum absolute atomic E-state index is 13.8. The predicted octanol–water partition coefficient (Wildman–Crippen LogP) is 4.50. The number of carbonyl (C=O) groups is 2. The number of amides is 2. The third-order valence-electron chi connectivity index (χ3n) is 5.39. The molecule has 1 fully saturated rings. The van der Waals surface area contributed by atoms with Gasteiger partial charge in [0.25, 0.3) is 5.91 Å². The van der Waals surface area contributed by atoms with Crippen molar-refractivity contribution < 1.29 is 18.7 Å². The summed E-state index contributed by atoms with van der Waals surface area (Å²) in [6.07, 6.45) is 4.88. The van der Waals surface area contributed by atoms with Gasteiger partial charge >= 0.3 is 6.09 Å². The summed E-state index contributed by atoms with van der Waals surface area (Å²) in [4.78, 5) is 30.8. The normalized spacial score (nSPS) is 12.9. The molecule has 0 spiro atoms. The molecule has 1 saturated heterocycles. The van der Waals surface area contributed by atoms with Gasteiger partial charge in [-0.2, -0.15) is 0 Å². The molecule has 2 N–H and O–H groups in total. The van der Waals surface area contributed by atoms with Crippen molar-refractivity contribution in [1.82, 2.24) is 10.3 Å². The van der Waals surface area contributed by atoms with Crippen LogP contribution in [0.25, 0.3) is 0 Å². The van der Waals surface area contributed by atoms with Crippen LogP contribution in [0.5, 0.6) is 0 Å². The summed E-state index contributed by atoms with van der Waals surface area (Å²) in [5, 5.41) is 5.51. The van der Waals surface area contributed by atoms with Crippen LogP contribution in [0.3, 0.4) is 0 Å². The number of carbonyl (C=O) groups excluding carboxylic acids is 2. The molecule has 3 aromatic rings. The zero-order chi connectivity index (χ0) is 23.0. The van der Waals surface area contributed by atoms with Gasteiger partial charge in [-0.15, -0.1) is 0 Å². The van der Waals surface area contributed by atoms with E-state index in [1.54, 1.807) is 48.8 Å². The van der Waals surface area contributed by atoms with Gasteiger partial charge in [0.1, 0.15) is 12.4 Å². The molecule has 1 aromatic heterocycles. The Hall–Kier alpha value is -3.94. The molecule has 8 heteroatoms. The lowest BCUT2D eigenvalue weighted by atomic mass is 10.1. The molecule has 0 atom stereocenters. The van der Waals surface area contributed by atoms with Gasteiger partial charge in [-0.25, -0.2) is 9.18 Å². The van der Waals surface area contributed by atoms with E-state index in [1.165, 1.54) is 12.1 Å². The van der Waals surface area contributed by atoms with Gasteiger partial charge in [-0.3, -0.25) is 9.78 Å². The summed E-state index contributed by atoms with van der Waals surface area (Å²) in [6.45, 7) is 2.14. The number of pyridine rings is 1. The minimum absolute atomic E-state index is 0.143. The van der Waals surface area contributed by atoms with Crippen molar-refractivity contribution in [1.29, 1.82) is 0 Å². The molecule has 0 aliphatic carbocycles. The molecule has 0 bridgehead atoms. The number of nitrogens with zero attached hydrogens (tertiary/aromatic N) is 2. The first kappa shape index (κ1) is 22.3. The minimum atomic E-state index is -0.531. The van der Waals surface area contributed by atoms with Crippen LogP contribution in [0.15, 0.2) is 67.0 Å². The van der Waals surface area contributed by atoms with Crippen LogP contribution >= 0.6 is 0 Å². The third-order valence-corrected chi connectivity index (χ3v) is 5.39. The van der Waals surface area contributed by atoms with Crippen molar-refractivity contribution in [2.24, 2.45) is 0 Å². The monoisotopic (exact) mass is 448 g/mol. The number of ether oxygens (including phenoxy) is 1. The molecule has 170 valence electrons. The van der Waals surface area contributed by atoms with E-state index >= 15 is 0 Å². The highest BCUT2D eigenvalue weighted by atomic mass is 19.1. The second-order valence-electron chi connectivity index (χ2n) is 7.80. The van der Waals surface area contributed by atoms with Crippen LogP contribution in [0.1, 0.15) is 34.3 Å². The van der Waals surface area contributed by atoms with Gasteiger partial charge in [0.05, 0.1) is 5.56 Å².